The molecule has 0 saturated carbocycles. The van der Waals surface area contributed by atoms with Crippen LogP contribution in [0.1, 0.15) is 33.1 Å². The number of hydrogen-bond acceptors (Lipinski definition) is 3. The van der Waals surface area contributed by atoms with E-state index in [-0.39, 0.29) is 5.91 Å². The van der Waals surface area contributed by atoms with Gasteiger partial charge >= 0.3 is 5.97 Å². The molecule has 0 aliphatic heterocycles. The smallest absolute Gasteiger partial charge is 0.320 e. The van der Waals surface area contributed by atoms with E-state index in [1.54, 1.807) is 13.8 Å². The molecule has 0 aliphatic carbocycles. The van der Waals surface area contributed by atoms with E-state index in [4.69, 9.17) is 10.8 Å². The molecule has 0 aromatic rings. The Bertz CT molecular complexity index is 251. The van der Waals surface area contributed by atoms with Gasteiger partial charge in [0.1, 0.15) is 6.04 Å². The number of aliphatic carboxylic acids is 1. The fraction of sp³-hybridized carbons (Fsp3) is 0.800. The van der Waals surface area contributed by atoms with E-state index in [0.717, 1.165) is 6.42 Å². The Morgan fingerprint density at radius 2 is 2.00 bits per heavy atom. The fourth-order valence-corrected chi connectivity index (χ4v) is 1.17. The Labute approximate surface area is 104 Å². The summed E-state index contributed by atoms with van der Waals surface area (Å²) in [5.41, 5.74) is 5.33. The predicted molar refractivity (Wildman–Crippen MR) is 65.5 cm³/mol. The molecule has 94 valence electrons. The topological polar surface area (TPSA) is 92.4 Å². The second kappa shape index (κ2) is 6.85. The van der Waals surface area contributed by atoms with E-state index in [2.05, 4.69) is 21.2 Å². The van der Waals surface area contributed by atoms with Crippen molar-refractivity contribution in [3.63, 3.8) is 0 Å². The summed E-state index contributed by atoms with van der Waals surface area (Å²) in [6.45, 7) is 4.07. The highest BCUT2D eigenvalue weighted by Crippen LogP contribution is 2.15. The number of nitrogens with one attached hydrogen (secondary N) is 1. The van der Waals surface area contributed by atoms with E-state index < -0.39 is 16.3 Å². The van der Waals surface area contributed by atoms with E-state index in [1.807, 2.05) is 0 Å². The molecular weight excluding hydrogens is 276 g/mol. The number of carbonyl (C=O) groups excluding carboxylic acids is 1. The van der Waals surface area contributed by atoms with Gasteiger partial charge in [0.15, 0.2) is 0 Å². The molecule has 0 bridgehead atoms. The summed E-state index contributed by atoms with van der Waals surface area (Å²) in [7, 11) is 0. The minimum absolute atomic E-state index is 0.0740. The molecule has 0 aromatic heterocycles. The van der Waals surface area contributed by atoms with Crippen LogP contribution in [0.3, 0.4) is 0 Å². The number of unbranched alkanes of at least 4 members (excludes halogenated alkanes) is 1. The Hall–Kier alpha value is -0.620. The van der Waals surface area contributed by atoms with Gasteiger partial charge < -0.3 is 16.2 Å². The number of carboxylic acids is 1. The normalized spacial score (nSPS) is 13.2. The number of carboxylic acid groups (broad SMARTS) is 1. The quantitative estimate of drug-likeness (QED) is 0.480. The molecule has 0 saturated heterocycles. The highest BCUT2D eigenvalue weighted by molar-refractivity contribution is 9.10. The molecule has 0 rings (SSSR count). The van der Waals surface area contributed by atoms with Crippen molar-refractivity contribution in [3.8, 4) is 0 Å². The lowest BCUT2D eigenvalue weighted by Crippen LogP contribution is -2.38. The lowest BCUT2D eigenvalue weighted by molar-refractivity contribution is -0.138. The Morgan fingerprint density at radius 1 is 1.44 bits per heavy atom. The standard InChI is InChI=1S/C10H19BrN2O3/c1-10(2,11)9(16)13-6-4-3-5-7(12)8(14)15/h7H,3-6,12H2,1-2H3,(H,13,16)(H,14,15)/t7-/m0/s1. The number of nitrogens with two attached hydrogens (primary N) is 1. The lowest BCUT2D eigenvalue weighted by atomic mass is 10.1. The van der Waals surface area contributed by atoms with Crippen LogP contribution in [0.4, 0.5) is 0 Å². The summed E-state index contributed by atoms with van der Waals surface area (Å²) >= 11 is 3.25. The minimum Gasteiger partial charge on any atom is -0.480 e. The molecule has 0 aromatic carbocycles. The third kappa shape index (κ3) is 6.79. The monoisotopic (exact) mass is 294 g/mol. The molecule has 16 heavy (non-hydrogen) atoms. The van der Waals surface area contributed by atoms with Gasteiger partial charge in [-0.1, -0.05) is 15.9 Å². The number of carbonyl (C=O) groups is 2. The Kier molecular flexibility index (Phi) is 6.59. The molecule has 0 spiro atoms. The van der Waals surface area contributed by atoms with Gasteiger partial charge in [0.05, 0.1) is 4.32 Å². The summed E-state index contributed by atoms with van der Waals surface area (Å²) in [5, 5.41) is 11.3. The number of hydrogen-bond donors (Lipinski definition) is 3. The first-order valence-electron chi connectivity index (χ1n) is 5.20. The first-order chi connectivity index (χ1) is 7.25. The highest BCUT2D eigenvalue weighted by Gasteiger charge is 2.22. The first kappa shape index (κ1) is 15.4. The second-order valence-electron chi connectivity index (χ2n) is 4.17. The third-order valence-corrected chi connectivity index (χ3v) is 2.44. The lowest BCUT2D eigenvalue weighted by Gasteiger charge is -2.15. The number of halogens is 1. The molecular formula is C10H19BrN2O3. The van der Waals surface area contributed by atoms with Gasteiger partial charge in [0.2, 0.25) is 5.91 Å². The molecule has 1 amide bonds. The van der Waals surface area contributed by atoms with E-state index in [9.17, 15) is 9.59 Å². The average molecular weight is 295 g/mol. The third-order valence-electron chi connectivity index (χ3n) is 2.08. The van der Waals surface area contributed by atoms with Crippen LogP contribution in [-0.2, 0) is 9.59 Å². The zero-order valence-corrected chi connectivity index (χ0v) is 11.2. The molecule has 1 atom stereocenters. The van der Waals surface area contributed by atoms with Gasteiger partial charge in [-0.3, -0.25) is 9.59 Å². The molecule has 6 heteroatoms. The van der Waals surface area contributed by atoms with Crippen LogP contribution < -0.4 is 11.1 Å². The number of alkyl halides is 1. The molecule has 0 aliphatic rings. The number of amides is 1. The molecule has 0 heterocycles. The van der Waals surface area contributed by atoms with Crippen molar-refractivity contribution in [2.45, 2.75) is 43.5 Å². The summed E-state index contributed by atoms with van der Waals surface area (Å²) in [4.78, 5) is 21.8. The van der Waals surface area contributed by atoms with E-state index in [0.29, 0.717) is 19.4 Å². The number of rotatable bonds is 7. The molecule has 0 unspecified atom stereocenters. The van der Waals surface area contributed by atoms with E-state index >= 15 is 0 Å². The van der Waals surface area contributed by atoms with Crippen molar-refractivity contribution in [3.05, 3.63) is 0 Å². The van der Waals surface area contributed by atoms with Crippen LogP contribution >= 0.6 is 15.9 Å². The molecule has 0 radical (unpaired) electrons. The molecule has 5 nitrogen and oxygen atoms in total. The summed E-state index contributed by atoms with van der Waals surface area (Å²) in [6, 6.07) is -0.802. The SMILES string of the molecule is CC(C)(Br)C(=O)NCCCC[C@H](N)C(=O)O. The highest BCUT2D eigenvalue weighted by atomic mass is 79.9. The van der Waals surface area contributed by atoms with Crippen molar-refractivity contribution < 1.29 is 14.7 Å². The van der Waals surface area contributed by atoms with Crippen molar-refractivity contribution in [1.29, 1.82) is 0 Å². The van der Waals surface area contributed by atoms with Crippen LogP contribution in [0, 0.1) is 0 Å². The predicted octanol–water partition coefficient (Wildman–Crippen LogP) is 0.858. The van der Waals surface area contributed by atoms with Crippen LogP contribution in [0.2, 0.25) is 0 Å². The summed E-state index contributed by atoms with van der Waals surface area (Å²) in [5.74, 6) is -1.05. The van der Waals surface area contributed by atoms with Crippen LogP contribution in [0.5, 0.6) is 0 Å². The Balaban J connectivity index is 3.55. The summed E-state index contributed by atoms with van der Waals surface area (Å²) in [6.07, 6.45) is 1.86. The van der Waals surface area contributed by atoms with Crippen LogP contribution in [0.15, 0.2) is 0 Å². The largest absolute Gasteiger partial charge is 0.480 e. The van der Waals surface area contributed by atoms with Crippen LogP contribution in [0.25, 0.3) is 0 Å². The van der Waals surface area contributed by atoms with Gasteiger partial charge in [-0.15, -0.1) is 0 Å². The molecule has 4 N–H and O–H groups in total. The zero-order valence-electron chi connectivity index (χ0n) is 9.62. The van der Waals surface area contributed by atoms with Crippen molar-refractivity contribution in [2.24, 2.45) is 5.73 Å². The van der Waals surface area contributed by atoms with E-state index in [1.165, 1.54) is 0 Å². The van der Waals surface area contributed by atoms with Gasteiger partial charge in [-0.2, -0.15) is 0 Å². The van der Waals surface area contributed by atoms with Gasteiger partial charge in [-0.25, -0.2) is 0 Å². The maximum Gasteiger partial charge on any atom is 0.320 e. The summed E-state index contributed by atoms with van der Waals surface area (Å²) < 4.78 is -0.565. The van der Waals surface area contributed by atoms with Crippen molar-refractivity contribution in [2.75, 3.05) is 6.54 Å². The average Bonchev–Trinajstić information content (AvgIpc) is 2.14. The minimum atomic E-state index is -0.981. The molecule has 0 fully saturated rings. The van der Waals surface area contributed by atoms with Crippen molar-refractivity contribution >= 4 is 27.8 Å². The van der Waals surface area contributed by atoms with Gasteiger partial charge in [0.25, 0.3) is 0 Å². The van der Waals surface area contributed by atoms with Crippen LogP contribution in [-0.4, -0.2) is 33.9 Å². The Morgan fingerprint density at radius 3 is 2.44 bits per heavy atom. The second-order valence-corrected chi connectivity index (χ2v) is 6.15. The van der Waals surface area contributed by atoms with Gasteiger partial charge in [-0.05, 0) is 33.1 Å². The maximum absolute atomic E-state index is 11.4. The zero-order chi connectivity index (χ0) is 12.8. The maximum atomic E-state index is 11.4. The van der Waals surface area contributed by atoms with Gasteiger partial charge in [0, 0.05) is 6.54 Å². The van der Waals surface area contributed by atoms with Crippen molar-refractivity contribution in [1.82, 2.24) is 5.32 Å². The fourth-order valence-electron chi connectivity index (χ4n) is 1.02. The first-order valence-corrected chi connectivity index (χ1v) is 6.00.